The van der Waals surface area contributed by atoms with Crippen LogP contribution in [0.25, 0.3) is 0 Å². The topological polar surface area (TPSA) is 92.4 Å². The molecule has 4 N–H and O–H groups in total. The van der Waals surface area contributed by atoms with Gasteiger partial charge < -0.3 is 16.2 Å². The van der Waals surface area contributed by atoms with Gasteiger partial charge in [-0.05, 0) is 6.42 Å². The average molecular weight is 343 g/mol. The Bertz CT molecular complexity index is 322. The van der Waals surface area contributed by atoms with E-state index in [9.17, 15) is 9.59 Å². The van der Waals surface area contributed by atoms with E-state index in [0.717, 1.165) is 12.8 Å². The number of unbranched alkanes of at least 4 members (excludes halogenated alkanes) is 12. The lowest BCUT2D eigenvalue weighted by Crippen LogP contribution is -2.42. The number of nitrogens with one attached hydrogen (secondary N) is 1. The third-order valence-corrected chi connectivity index (χ3v) is 4.34. The molecule has 0 aromatic heterocycles. The maximum atomic E-state index is 11.5. The van der Waals surface area contributed by atoms with E-state index in [1.165, 1.54) is 70.6 Å². The number of hydrogen-bond donors (Lipinski definition) is 3. The average Bonchev–Trinajstić information content (AvgIpc) is 2.56. The van der Waals surface area contributed by atoms with E-state index in [4.69, 9.17) is 10.8 Å². The highest BCUT2D eigenvalue weighted by Gasteiger charge is 2.12. The normalized spacial score (nSPS) is 12.1. The van der Waals surface area contributed by atoms with Crippen LogP contribution in [0.3, 0.4) is 0 Å². The number of nitrogens with two attached hydrogens (primary N) is 1. The van der Waals surface area contributed by atoms with Gasteiger partial charge in [-0.3, -0.25) is 9.59 Å². The summed E-state index contributed by atoms with van der Waals surface area (Å²) in [4.78, 5) is 22.0. The SMILES string of the molecule is CCCCCCCCCCCCCCCC(=O)NC[C@H](N)C(=O)O. The summed E-state index contributed by atoms with van der Waals surface area (Å²) in [5.74, 6) is -1.19. The fourth-order valence-electron chi connectivity index (χ4n) is 2.70. The Kier molecular flexibility index (Phi) is 16.0. The zero-order valence-electron chi connectivity index (χ0n) is 15.5. The molecule has 0 bridgehead atoms. The Morgan fingerprint density at radius 1 is 0.833 bits per heavy atom. The van der Waals surface area contributed by atoms with Crippen LogP contribution in [0.2, 0.25) is 0 Å². The lowest BCUT2D eigenvalue weighted by molar-refractivity contribution is -0.138. The molecule has 0 saturated heterocycles. The van der Waals surface area contributed by atoms with E-state index in [0.29, 0.717) is 6.42 Å². The van der Waals surface area contributed by atoms with E-state index >= 15 is 0 Å². The molecule has 142 valence electrons. The molecule has 24 heavy (non-hydrogen) atoms. The second-order valence-corrected chi connectivity index (χ2v) is 6.74. The van der Waals surface area contributed by atoms with Crippen molar-refractivity contribution in [2.45, 2.75) is 103 Å². The van der Waals surface area contributed by atoms with Crippen molar-refractivity contribution in [3.05, 3.63) is 0 Å². The van der Waals surface area contributed by atoms with E-state index in [2.05, 4.69) is 12.2 Å². The van der Waals surface area contributed by atoms with Crippen molar-refractivity contribution in [1.29, 1.82) is 0 Å². The molecule has 0 saturated carbocycles. The van der Waals surface area contributed by atoms with E-state index in [1.54, 1.807) is 0 Å². The predicted molar refractivity (Wildman–Crippen MR) is 98.9 cm³/mol. The van der Waals surface area contributed by atoms with Crippen LogP contribution in [0.4, 0.5) is 0 Å². The Balaban J connectivity index is 3.22. The first kappa shape index (κ1) is 22.9. The first-order valence-corrected chi connectivity index (χ1v) is 9.83. The molecule has 0 aromatic carbocycles. The van der Waals surface area contributed by atoms with Gasteiger partial charge in [0.15, 0.2) is 0 Å². The van der Waals surface area contributed by atoms with Gasteiger partial charge in [-0.1, -0.05) is 84.0 Å². The molecule has 0 aromatic rings. The first-order chi connectivity index (χ1) is 11.6. The van der Waals surface area contributed by atoms with Gasteiger partial charge in [0.25, 0.3) is 0 Å². The summed E-state index contributed by atoms with van der Waals surface area (Å²) in [5, 5.41) is 11.2. The summed E-state index contributed by atoms with van der Waals surface area (Å²) in [6, 6.07) is -1.01. The highest BCUT2D eigenvalue weighted by molar-refractivity contribution is 5.78. The summed E-state index contributed by atoms with van der Waals surface area (Å²) in [5.41, 5.74) is 5.33. The van der Waals surface area contributed by atoms with Crippen LogP contribution in [0.15, 0.2) is 0 Å². The van der Waals surface area contributed by atoms with Crippen LogP contribution in [0.5, 0.6) is 0 Å². The van der Waals surface area contributed by atoms with Crippen LogP contribution in [-0.4, -0.2) is 29.6 Å². The molecule has 0 aliphatic carbocycles. The van der Waals surface area contributed by atoms with E-state index in [-0.39, 0.29) is 12.5 Å². The molecule has 1 atom stereocenters. The minimum Gasteiger partial charge on any atom is -0.480 e. The number of carbonyl (C=O) groups is 2. The zero-order chi connectivity index (χ0) is 18.0. The number of rotatable bonds is 17. The van der Waals surface area contributed by atoms with Crippen LogP contribution in [0, 0.1) is 0 Å². The molecule has 5 nitrogen and oxygen atoms in total. The van der Waals surface area contributed by atoms with Crippen molar-refractivity contribution in [2.24, 2.45) is 5.73 Å². The smallest absolute Gasteiger partial charge is 0.322 e. The van der Waals surface area contributed by atoms with Crippen molar-refractivity contribution in [2.75, 3.05) is 6.54 Å². The number of hydrogen-bond acceptors (Lipinski definition) is 3. The van der Waals surface area contributed by atoms with Crippen molar-refractivity contribution in [1.82, 2.24) is 5.32 Å². The number of carboxylic acids is 1. The quantitative estimate of drug-likeness (QED) is 0.348. The van der Waals surface area contributed by atoms with Gasteiger partial charge in [0, 0.05) is 13.0 Å². The molecule has 0 aliphatic heterocycles. The maximum absolute atomic E-state index is 11.5. The van der Waals surface area contributed by atoms with Crippen molar-refractivity contribution >= 4 is 11.9 Å². The number of carbonyl (C=O) groups excluding carboxylic acids is 1. The molecule has 0 heterocycles. The molecule has 0 radical (unpaired) electrons. The molecule has 5 heteroatoms. The first-order valence-electron chi connectivity index (χ1n) is 9.83. The highest BCUT2D eigenvalue weighted by atomic mass is 16.4. The van der Waals surface area contributed by atoms with Gasteiger partial charge in [0.1, 0.15) is 6.04 Å². The minimum atomic E-state index is -1.09. The fourth-order valence-corrected chi connectivity index (χ4v) is 2.70. The maximum Gasteiger partial charge on any atom is 0.322 e. The Hall–Kier alpha value is -1.10. The van der Waals surface area contributed by atoms with E-state index < -0.39 is 12.0 Å². The lowest BCUT2D eigenvalue weighted by atomic mass is 10.0. The second kappa shape index (κ2) is 16.7. The van der Waals surface area contributed by atoms with Gasteiger partial charge >= 0.3 is 5.97 Å². The summed E-state index contributed by atoms with van der Waals surface area (Å²) < 4.78 is 0. The van der Waals surface area contributed by atoms with Gasteiger partial charge in [-0.15, -0.1) is 0 Å². The van der Waals surface area contributed by atoms with Crippen LogP contribution >= 0.6 is 0 Å². The van der Waals surface area contributed by atoms with Gasteiger partial charge in [0.2, 0.25) is 5.91 Å². The standard InChI is InChI=1S/C19H38N2O3/c1-2-3-4-5-6-7-8-9-10-11-12-13-14-15-18(22)21-16-17(20)19(23)24/h17H,2-16,20H2,1H3,(H,21,22)(H,23,24)/t17-/m0/s1. The molecule has 0 spiro atoms. The molecular weight excluding hydrogens is 304 g/mol. The molecule has 0 unspecified atom stereocenters. The molecule has 0 rings (SSSR count). The molecule has 1 amide bonds. The van der Waals surface area contributed by atoms with Crippen LogP contribution in [-0.2, 0) is 9.59 Å². The van der Waals surface area contributed by atoms with Crippen molar-refractivity contribution in [3.8, 4) is 0 Å². The lowest BCUT2D eigenvalue weighted by Gasteiger charge is -2.08. The third-order valence-electron chi connectivity index (χ3n) is 4.34. The summed E-state index contributed by atoms with van der Waals surface area (Å²) in [6.45, 7) is 2.26. The fraction of sp³-hybridized carbons (Fsp3) is 0.895. The predicted octanol–water partition coefficient (Wildman–Crippen LogP) is 4.00. The van der Waals surface area contributed by atoms with E-state index in [1.807, 2.05) is 0 Å². The van der Waals surface area contributed by atoms with Crippen molar-refractivity contribution < 1.29 is 14.7 Å². The summed E-state index contributed by atoms with van der Waals surface area (Å²) in [7, 11) is 0. The van der Waals surface area contributed by atoms with Crippen molar-refractivity contribution in [3.63, 3.8) is 0 Å². The zero-order valence-corrected chi connectivity index (χ0v) is 15.5. The van der Waals surface area contributed by atoms with Crippen LogP contribution < -0.4 is 11.1 Å². The third kappa shape index (κ3) is 15.8. The largest absolute Gasteiger partial charge is 0.480 e. The molecular formula is C19H38N2O3. The van der Waals surface area contributed by atoms with Gasteiger partial charge in [-0.25, -0.2) is 0 Å². The summed E-state index contributed by atoms with van der Waals surface area (Å²) >= 11 is 0. The number of carboxylic acid groups (broad SMARTS) is 1. The Labute approximate surface area is 147 Å². The Morgan fingerprint density at radius 2 is 1.25 bits per heavy atom. The summed E-state index contributed by atoms with van der Waals surface area (Å²) in [6.07, 6.45) is 17.1. The van der Waals surface area contributed by atoms with Crippen LogP contribution in [0.1, 0.15) is 96.8 Å². The monoisotopic (exact) mass is 342 g/mol. The molecule has 0 aliphatic rings. The number of amides is 1. The second-order valence-electron chi connectivity index (χ2n) is 6.74. The van der Waals surface area contributed by atoms with Gasteiger partial charge in [0.05, 0.1) is 0 Å². The molecule has 0 fully saturated rings. The number of aliphatic carboxylic acids is 1. The highest BCUT2D eigenvalue weighted by Crippen LogP contribution is 2.12. The Morgan fingerprint density at radius 3 is 1.67 bits per heavy atom. The van der Waals surface area contributed by atoms with Gasteiger partial charge in [-0.2, -0.15) is 0 Å². The minimum absolute atomic E-state index is 0.00656.